The maximum atomic E-state index is 13.9. The van der Waals surface area contributed by atoms with E-state index in [-0.39, 0.29) is 30.4 Å². The van der Waals surface area contributed by atoms with Crippen LogP contribution in [0.2, 0.25) is 5.02 Å². The Balaban J connectivity index is 1.80. The molecule has 2 aromatic heterocycles. The highest BCUT2D eigenvalue weighted by atomic mass is 35.5. The molecule has 0 spiro atoms. The first-order valence-electron chi connectivity index (χ1n) is 7.99. The molecule has 1 atom stereocenters. The fraction of sp³-hybridized carbons (Fsp3) is 0.294. The van der Waals surface area contributed by atoms with Crippen LogP contribution in [0.5, 0.6) is 0 Å². The minimum Gasteiger partial charge on any atom is -0.388 e. The van der Waals surface area contributed by atoms with Gasteiger partial charge in [-0.1, -0.05) is 28.9 Å². The van der Waals surface area contributed by atoms with Crippen molar-refractivity contribution in [2.45, 2.75) is 26.0 Å². The van der Waals surface area contributed by atoms with Crippen molar-refractivity contribution in [2.24, 2.45) is 7.05 Å². The minimum absolute atomic E-state index is 0.0456. The molecule has 0 aliphatic rings. The van der Waals surface area contributed by atoms with Crippen LogP contribution in [0.3, 0.4) is 0 Å². The summed E-state index contributed by atoms with van der Waals surface area (Å²) in [7, 11) is 1.36. The molecule has 0 aliphatic carbocycles. The number of rotatable bonds is 5. The average Bonchev–Trinajstić information content (AvgIpc) is 3.09. The highest BCUT2D eigenvalue weighted by Gasteiger charge is 2.18. The average molecular weight is 395 g/mol. The SMILES string of the molecule is Cc1c(F)c(=O)n(Cc2nc(C[C@H](O)c3ccc(Cl)cc3)no2)c(=O)n1C. The smallest absolute Gasteiger partial charge is 0.331 e. The van der Waals surface area contributed by atoms with Crippen molar-refractivity contribution >= 4 is 11.6 Å². The molecule has 0 amide bonds. The number of aromatic nitrogens is 4. The number of aliphatic hydroxyl groups is 1. The Morgan fingerprint density at radius 3 is 2.63 bits per heavy atom. The van der Waals surface area contributed by atoms with Crippen LogP contribution in [0, 0.1) is 12.7 Å². The fourth-order valence-electron chi connectivity index (χ4n) is 2.52. The van der Waals surface area contributed by atoms with Gasteiger partial charge in [0.25, 0.3) is 5.56 Å². The third-order valence-electron chi connectivity index (χ3n) is 4.21. The first-order chi connectivity index (χ1) is 12.8. The zero-order valence-corrected chi connectivity index (χ0v) is 15.3. The van der Waals surface area contributed by atoms with E-state index < -0.39 is 23.2 Å². The second-order valence-corrected chi connectivity index (χ2v) is 6.44. The van der Waals surface area contributed by atoms with E-state index in [0.29, 0.717) is 15.2 Å². The first-order valence-corrected chi connectivity index (χ1v) is 8.36. The van der Waals surface area contributed by atoms with E-state index in [0.717, 1.165) is 4.57 Å². The third-order valence-corrected chi connectivity index (χ3v) is 4.46. The second-order valence-electron chi connectivity index (χ2n) is 6.01. The monoisotopic (exact) mass is 394 g/mol. The Morgan fingerprint density at radius 1 is 1.30 bits per heavy atom. The molecule has 2 heterocycles. The lowest BCUT2D eigenvalue weighted by Crippen LogP contribution is -2.42. The van der Waals surface area contributed by atoms with Gasteiger partial charge in [0.2, 0.25) is 11.7 Å². The predicted molar refractivity (Wildman–Crippen MR) is 94.2 cm³/mol. The molecule has 3 rings (SSSR count). The maximum Gasteiger partial charge on any atom is 0.331 e. The molecular formula is C17H16ClFN4O4. The zero-order chi connectivity index (χ0) is 19.7. The summed E-state index contributed by atoms with van der Waals surface area (Å²) in [5, 5.41) is 14.5. The molecule has 1 aromatic carbocycles. The number of halogens is 2. The molecule has 3 aromatic rings. The van der Waals surface area contributed by atoms with Crippen molar-refractivity contribution in [1.29, 1.82) is 0 Å². The van der Waals surface area contributed by atoms with Crippen LogP contribution < -0.4 is 11.2 Å². The van der Waals surface area contributed by atoms with E-state index in [1.54, 1.807) is 24.3 Å². The van der Waals surface area contributed by atoms with E-state index >= 15 is 0 Å². The third kappa shape index (κ3) is 3.83. The molecule has 27 heavy (non-hydrogen) atoms. The highest BCUT2D eigenvalue weighted by molar-refractivity contribution is 6.30. The normalized spacial score (nSPS) is 12.3. The van der Waals surface area contributed by atoms with Crippen LogP contribution in [-0.2, 0) is 20.0 Å². The van der Waals surface area contributed by atoms with Gasteiger partial charge in [-0.15, -0.1) is 0 Å². The van der Waals surface area contributed by atoms with Crippen LogP contribution in [0.4, 0.5) is 4.39 Å². The van der Waals surface area contributed by atoms with Gasteiger partial charge in [0.05, 0.1) is 11.8 Å². The Labute approximate surface area is 157 Å². The Morgan fingerprint density at radius 2 is 1.96 bits per heavy atom. The summed E-state index contributed by atoms with van der Waals surface area (Å²) >= 11 is 5.81. The van der Waals surface area contributed by atoms with E-state index in [1.165, 1.54) is 14.0 Å². The molecule has 0 radical (unpaired) electrons. The van der Waals surface area contributed by atoms with Gasteiger partial charge in [0.1, 0.15) is 6.54 Å². The molecule has 0 fully saturated rings. The van der Waals surface area contributed by atoms with Gasteiger partial charge in [-0.2, -0.15) is 9.37 Å². The number of benzene rings is 1. The van der Waals surface area contributed by atoms with Gasteiger partial charge in [-0.05, 0) is 24.6 Å². The largest absolute Gasteiger partial charge is 0.388 e. The molecular weight excluding hydrogens is 379 g/mol. The number of hydrogen-bond donors (Lipinski definition) is 1. The summed E-state index contributed by atoms with van der Waals surface area (Å²) in [6.45, 7) is 0.970. The van der Waals surface area contributed by atoms with Crippen molar-refractivity contribution in [3.63, 3.8) is 0 Å². The molecule has 142 valence electrons. The lowest BCUT2D eigenvalue weighted by molar-refractivity contribution is 0.174. The predicted octanol–water partition coefficient (Wildman–Crippen LogP) is 1.36. The lowest BCUT2D eigenvalue weighted by Gasteiger charge is -2.08. The van der Waals surface area contributed by atoms with Crippen molar-refractivity contribution in [3.05, 3.63) is 78.9 Å². The van der Waals surface area contributed by atoms with Gasteiger partial charge in [0.15, 0.2) is 5.82 Å². The van der Waals surface area contributed by atoms with Gasteiger partial charge in [-0.3, -0.25) is 9.36 Å². The Bertz CT molecular complexity index is 1050. The lowest BCUT2D eigenvalue weighted by atomic mass is 10.1. The van der Waals surface area contributed by atoms with Crippen molar-refractivity contribution in [2.75, 3.05) is 0 Å². The summed E-state index contributed by atoms with van der Waals surface area (Å²) in [5.41, 5.74) is -1.19. The zero-order valence-electron chi connectivity index (χ0n) is 14.5. The van der Waals surface area contributed by atoms with E-state index in [9.17, 15) is 19.1 Å². The standard InChI is InChI=1S/C17H16ClFN4O4/c1-9-15(19)16(25)23(17(26)22(9)2)8-14-20-13(21-27-14)7-12(24)10-3-5-11(18)6-4-10/h3-6,12,24H,7-8H2,1-2H3/t12-/m0/s1. The van der Waals surface area contributed by atoms with Gasteiger partial charge < -0.3 is 9.63 Å². The van der Waals surface area contributed by atoms with E-state index in [2.05, 4.69) is 10.1 Å². The summed E-state index contributed by atoms with van der Waals surface area (Å²) < 4.78 is 20.6. The molecule has 8 nitrogen and oxygen atoms in total. The molecule has 0 saturated heterocycles. The van der Waals surface area contributed by atoms with Crippen molar-refractivity contribution in [3.8, 4) is 0 Å². The van der Waals surface area contributed by atoms with Gasteiger partial charge >= 0.3 is 5.69 Å². The molecule has 0 unspecified atom stereocenters. The number of hydrogen-bond acceptors (Lipinski definition) is 6. The number of aliphatic hydroxyl groups excluding tert-OH is 1. The van der Waals surface area contributed by atoms with Crippen molar-refractivity contribution < 1.29 is 14.0 Å². The summed E-state index contributed by atoms with van der Waals surface area (Å²) in [4.78, 5) is 28.2. The molecule has 1 N–H and O–H groups in total. The topological polar surface area (TPSA) is 103 Å². The Kier molecular flexibility index (Phi) is 5.24. The molecule has 0 bridgehead atoms. The maximum absolute atomic E-state index is 13.9. The van der Waals surface area contributed by atoms with E-state index in [4.69, 9.17) is 16.1 Å². The fourth-order valence-corrected chi connectivity index (χ4v) is 2.65. The molecule has 0 saturated carbocycles. The van der Waals surface area contributed by atoms with Crippen LogP contribution in [0.25, 0.3) is 0 Å². The van der Waals surface area contributed by atoms with Gasteiger partial charge in [-0.25, -0.2) is 9.36 Å². The summed E-state index contributed by atoms with van der Waals surface area (Å²) in [6, 6.07) is 6.64. The highest BCUT2D eigenvalue weighted by Crippen LogP contribution is 2.19. The number of nitrogens with zero attached hydrogens (tertiary/aromatic N) is 4. The quantitative estimate of drug-likeness (QED) is 0.700. The van der Waals surface area contributed by atoms with Crippen molar-refractivity contribution in [1.82, 2.24) is 19.3 Å². The van der Waals surface area contributed by atoms with E-state index in [1.807, 2.05) is 0 Å². The molecule has 10 heteroatoms. The van der Waals surface area contributed by atoms with Crippen LogP contribution in [-0.4, -0.2) is 24.4 Å². The second kappa shape index (κ2) is 7.45. The Hall–Kier alpha value is -2.78. The summed E-state index contributed by atoms with van der Waals surface area (Å²) in [6.07, 6.45) is -0.833. The van der Waals surface area contributed by atoms with Crippen LogP contribution >= 0.6 is 11.6 Å². The summed E-state index contributed by atoms with van der Waals surface area (Å²) in [5.74, 6) is -0.879. The van der Waals surface area contributed by atoms with Crippen LogP contribution in [0.15, 0.2) is 38.4 Å². The van der Waals surface area contributed by atoms with Gasteiger partial charge in [0, 0.05) is 18.5 Å². The molecule has 0 aliphatic heterocycles. The first kappa shape index (κ1) is 19.0. The minimum atomic E-state index is -1.06. The van der Waals surface area contributed by atoms with Crippen LogP contribution in [0.1, 0.15) is 29.1 Å².